The van der Waals surface area contributed by atoms with Crippen molar-refractivity contribution in [2.75, 3.05) is 19.6 Å². The van der Waals surface area contributed by atoms with Gasteiger partial charge in [0.15, 0.2) is 5.69 Å². The monoisotopic (exact) mass is 237 g/mol. The number of carbonyl (C=O) groups excluding carboxylic acids is 1. The van der Waals surface area contributed by atoms with Crippen LogP contribution in [-0.2, 0) is 0 Å². The van der Waals surface area contributed by atoms with Gasteiger partial charge in [-0.2, -0.15) is 15.4 Å². The molecule has 0 saturated carbocycles. The van der Waals surface area contributed by atoms with E-state index in [9.17, 15) is 4.79 Å². The number of rotatable bonds is 4. The van der Waals surface area contributed by atoms with E-state index in [1.807, 2.05) is 0 Å². The molecule has 1 aromatic rings. The number of likely N-dealkylation sites (tertiary alicyclic amines) is 1. The smallest absolute Gasteiger partial charge is 0.273 e. The Balaban J connectivity index is 1.76. The summed E-state index contributed by atoms with van der Waals surface area (Å²) in [7, 11) is 0. The highest BCUT2D eigenvalue weighted by Gasteiger charge is 2.21. The zero-order chi connectivity index (χ0) is 12.1. The fraction of sp³-hybridized carbons (Fsp3) is 0.727. The molecule has 0 atom stereocenters. The van der Waals surface area contributed by atoms with Gasteiger partial charge in [0.1, 0.15) is 0 Å². The summed E-state index contributed by atoms with van der Waals surface area (Å²) >= 11 is 0. The van der Waals surface area contributed by atoms with Crippen molar-refractivity contribution < 1.29 is 4.79 Å². The second-order valence-electron chi connectivity index (χ2n) is 4.44. The summed E-state index contributed by atoms with van der Waals surface area (Å²) in [6, 6.07) is 0.271. The Morgan fingerprint density at radius 1 is 1.59 bits per heavy atom. The third-order valence-electron chi connectivity index (χ3n) is 3.11. The molecule has 0 aliphatic carbocycles. The van der Waals surface area contributed by atoms with Crippen LogP contribution in [-0.4, -0.2) is 51.9 Å². The maximum atomic E-state index is 11.7. The fourth-order valence-electron chi connectivity index (χ4n) is 2.19. The first-order valence-electron chi connectivity index (χ1n) is 6.18. The molecule has 1 aliphatic rings. The van der Waals surface area contributed by atoms with Gasteiger partial charge in [-0.05, 0) is 25.8 Å². The van der Waals surface area contributed by atoms with E-state index in [-0.39, 0.29) is 11.9 Å². The van der Waals surface area contributed by atoms with Crippen molar-refractivity contribution in [3.8, 4) is 0 Å². The molecule has 6 heteroatoms. The number of amides is 1. The summed E-state index contributed by atoms with van der Waals surface area (Å²) in [5, 5.41) is 12.8. The van der Waals surface area contributed by atoms with Crippen LogP contribution in [0.1, 0.15) is 36.7 Å². The highest BCUT2D eigenvalue weighted by Crippen LogP contribution is 2.10. The van der Waals surface area contributed by atoms with Crippen LogP contribution in [0.4, 0.5) is 0 Å². The predicted molar refractivity (Wildman–Crippen MR) is 63.6 cm³/mol. The lowest BCUT2D eigenvalue weighted by Gasteiger charge is -2.31. The van der Waals surface area contributed by atoms with Crippen LogP contribution in [0.3, 0.4) is 0 Å². The molecule has 2 rings (SSSR count). The van der Waals surface area contributed by atoms with Crippen molar-refractivity contribution in [1.82, 2.24) is 25.6 Å². The maximum Gasteiger partial charge on any atom is 0.273 e. The van der Waals surface area contributed by atoms with Gasteiger partial charge in [-0.3, -0.25) is 4.79 Å². The highest BCUT2D eigenvalue weighted by atomic mass is 16.2. The molecule has 0 spiro atoms. The van der Waals surface area contributed by atoms with Gasteiger partial charge in [-0.15, -0.1) is 0 Å². The van der Waals surface area contributed by atoms with Gasteiger partial charge in [-0.1, -0.05) is 6.92 Å². The number of hydrogen-bond donors (Lipinski definition) is 2. The van der Waals surface area contributed by atoms with E-state index in [0.29, 0.717) is 5.69 Å². The number of aromatic amines is 1. The minimum atomic E-state index is -0.132. The van der Waals surface area contributed by atoms with Crippen molar-refractivity contribution in [2.24, 2.45) is 0 Å². The number of nitrogens with zero attached hydrogens (tertiary/aromatic N) is 3. The van der Waals surface area contributed by atoms with Crippen LogP contribution in [0, 0.1) is 0 Å². The number of H-pyrrole nitrogens is 1. The summed E-state index contributed by atoms with van der Waals surface area (Å²) in [6.07, 6.45) is 4.67. The minimum Gasteiger partial charge on any atom is -0.348 e. The Kier molecular flexibility index (Phi) is 4.08. The lowest BCUT2D eigenvalue weighted by molar-refractivity contribution is 0.0906. The molecule has 2 heterocycles. The van der Waals surface area contributed by atoms with Crippen molar-refractivity contribution >= 4 is 5.91 Å². The van der Waals surface area contributed by atoms with Crippen molar-refractivity contribution in [2.45, 2.75) is 32.2 Å². The van der Waals surface area contributed by atoms with Crippen molar-refractivity contribution in [3.05, 3.63) is 11.9 Å². The van der Waals surface area contributed by atoms with Gasteiger partial charge in [0.05, 0.1) is 6.20 Å². The molecule has 1 saturated heterocycles. The third kappa shape index (κ3) is 3.26. The van der Waals surface area contributed by atoms with Gasteiger partial charge in [0.25, 0.3) is 5.91 Å². The normalized spacial score (nSPS) is 18.2. The average Bonchev–Trinajstić information content (AvgIpc) is 2.86. The van der Waals surface area contributed by atoms with Crippen molar-refractivity contribution in [3.63, 3.8) is 0 Å². The van der Waals surface area contributed by atoms with Gasteiger partial charge >= 0.3 is 0 Å². The zero-order valence-electron chi connectivity index (χ0n) is 10.1. The number of hydrogen-bond acceptors (Lipinski definition) is 4. The first-order chi connectivity index (χ1) is 8.29. The number of nitrogens with one attached hydrogen (secondary N) is 2. The SMILES string of the molecule is CCCN1CCC(NC(=O)c2cn[nH]n2)CC1. The van der Waals surface area contributed by atoms with Gasteiger partial charge in [-0.25, -0.2) is 0 Å². The second kappa shape index (κ2) is 5.77. The van der Waals surface area contributed by atoms with E-state index in [2.05, 4.69) is 32.6 Å². The number of carbonyl (C=O) groups is 1. The topological polar surface area (TPSA) is 73.9 Å². The van der Waals surface area contributed by atoms with Crippen LogP contribution in [0.2, 0.25) is 0 Å². The van der Waals surface area contributed by atoms with E-state index in [1.165, 1.54) is 12.6 Å². The number of piperidine rings is 1. The second-order valence-corrected chi connectivity index (χ2v) is 4.44. The first kappa shape index (κ1) is 12.0. The summed E-state index contributed by atoms with van der Waals surface area (Å²) in [4.78, 5) is 14.2. The molecule has 1 fully saturated rings. The standard InChI is InChI=1S/C11H19N5O/c1-2-5-16-6-3-9(4-7-16)13-11(17)10-8-12-15-14-10/h8-9H,2-7H2,1H3,(H,13,17)(H,12,14,15). The van der Waals surface area contributed by atoms with E-state index in [0.717, 1.165) is 32.5 Å². The fourth-order valence-corrected chi connectivity index (χ4v) is 2.19. The molecule has 1 aliphatic heterocycles. The molecule has 0 bridgehead atoms. The molecule has 6 nitrogen and oxygen atoms in total. The van der Waals surface area contributed by atoms with Crippen LogP contribution in [0.25, 0.3) is 0 Å². The number of aromatic nitrogens is 3. The Morgan fingerprint density at radius 2 is 2.35 bits per heavy atom. The molecule has 1 aromatic heterocycles. The Morgan fingerprint density at radius 3 is 2.94 bits per heavy atom. The maximum absolute atomic E-state index is 11.7. The first-order valence-corrected chi connectivity index (χ1v) is 6.18. The van der Waals surface area contributed by atoms with Crippen LogP contribution in [0.5, 0.6) is 0 Å². The molecule has 0 aromatic carbocycles. The Hall–Kier alpha value is -1.43. The molecular weight excluding hydrogens is 218 g/mol. The van der Waals surface area contributed by atoms with Gasteiger partial charge in [0.2, 0.25) is 0 Å². The van der Waals surface area contributed by atoms with Gasteiger partial charge in [0, 0.05) is 19.1 Å². The third-order valence-corrected chi connectivity index (χ3v) is 3.11. The van der Waals surface area contributed by atoms with E-state index < -0.39 is 0 Å². The molecule has 0 unspecified atom stereocenters. The lowest BCUT2D eigenvalue weighted by Crippen LogP contribution is -2.44. The summed E-state index contributed by atoms with van der Waals surface area (Å²) < 4.78 is 0. The van der Waals surface area contributed by atoms with E-state index >= 15 is 0 Å². The molecule has 94 valence electrons. The van der Waals surface area contributed by atoms with Crippen LogP contribution >= 0.6 is 0 Å². The summed E-state index contributed by atoms with van der Waals surface area (Å²) in [5.74, 6) is -0.132. The largest absolute Gasteiger partial charge is 0.348 e. The highest BCUT2D eigenvalue weighted by molar-refractivity contribution is 5.91. The molecule has 0 radical (unpaired) electrons. The van der Waals surface area contributed by atoms with Crippen molar-refractivity contribution in [1.29, 1.82) is 0 Å². The Labute approximate surface area is 101 Å². The average molecular weight is 237 g/mol. The van der Waals surface area contributed by atoms with Crippen LogP contribution < -0.4 is 5.32 Å². The zero-order valence-corrected chi connectivity index (χ0v) is 10.1. The quantitative estimate of drug-likeness (QED) is 0.795. The molecular formula is C11H19N5O. The lowest BCUT2D eigenvalue weighted by atomic mass is 10.0. The van der Waals surface area contributed by atoms with Crippen LogP contribution in [0.15, 0.2) is 6.20 Å². The summed E-state index contributed by atoms with van der Waals surface area (Å²) in [5.41, 5.74) is 0.362. The predicted octanol–water partition coefficient (Wildman–Crippen LogP) is 0.409. The van der Waals surface area contributed by atoms with E-state index in [1.54, 1.807) is 0 Å². The molecule has 1 amide bonds. The summed E-state index contributed by atoms with van der Waals surface area (Å²) in [6.45, 7) is 5.48. The molecule has 2 N–H and O–H groups in total. The van der Waals surface area contributed by atoms with E-state index in [4.69, 9.17) is 0 Å². The minimum absolute atomic E-state index is 0.132. The Bertz CT molecular complexity index is 343. The molecule has 17 heavy (non-hydrogen) atoms. The van der Waals surface area contributed by atoms with Gasteiger partial charge < -0.3 is 10.2 Å².